The highest BCUT2D eigenvalue weighted by Crippen LogP contribution is 2.17. The molecule has 0 aliphatic rings. The average molecular weight is 395 g/mol. The molecule has 1 atom stereocenters. The maximum atomic E-state index is 13.3. The highest BCUT2D eigenvalue weighted by atomic mass is 16.2. The molecule has 0 aromatic heterocycles. The van der Waals surface area contributed by atoms with Gasteiger partial charge in [0.25, 0.3) is 0 Å². The van der Waals surface area contributed by atoms with Gasteiger partial charge in [0.1, 0.15) is 6.04 Å². The van der Waals surface area contributed by atoms with Gasteiger partial charge in [-0.3, -0.25) is 9.59 Å². The second kappa shape index (κ2) is 10.8. The fourth-order valence-corrected chi connectivity index (χ4v) is 3.37. The van der Waals surface area contributed by atoms with Crippen molar-refractivity contribution in [2.75, 3.05) is 6.54 Å². The summed E-state index contributed by atoms with van der Waals surface area (Å²) in [6, 6.07) is 13.8. The van der Waals surface area contributed by atoms with E-state index in [1.165, 1.54) is 16.7 Å². The Morgan fingerprint density at radius 1 is 0.931 bits per heavy atom. The molecule has 0 fully saturated rings. The van der Waals surface area contributed by atoms with Gasteiger partial charge in [-0.05, 0) is 55.9 Å². The van der Waals surface area contributed by atoms with Crippen LogP contribution in [0.4, 0.5) is 0 Å². The van der Waals surface area contributed by atoms with Crippen LogP contribution in [-0.4, -0.2) is 29.3 Å². The van der Waals surface area contributed by atoms with Crippen molar-refractivity contribution in [2.45, 2.75) is 66.5 Å². The number of carbonyl (C=O) groups excluding carboxylic acids is 2. The standard InChI is InChI=1S/C25H34N2O2/c1-6-14-26-25(29)23(7-2)27(17-21-11-8-18(3)9-12-21)24(28)16-22-13-10-19(4)20(5)15-22/h8-13,15,23H,6-7,14,16-17H2,1-5H3,(H,26,29)/t23-/m0/s1. The molecule has 2 aromatic carbocycles. The second-order valence-electron chi connectivity index (χ2n) is 7.82. The van der Waals surface area contributed by atoms with E-state index in [1.54, 1.807) is 4.90 Å². The molecular formula is C25H34N2O2. The predicted octanol–water partition coefficient (Wildman–Crippen LogP) is 4.49. The Balaban J connectivity index is 2.27. The van der Waals surface area contributed by atoms with Crippen LogP contribution in [0.2, 0.25) is 0 Å². The Labute approximate surface area is 175 Å². The Bertz CT molecular complexity index is 827. The largest absolute Gasteiger partial charge is 0.354 e. The van der Waals surface area contributed by atoms with E-state index in [1.807, 2.05) is 57.2 Å². The Kier molecular flexibility index (Phi) is 8.44. The quantitative estimate of drug-likeness (QED) is 0.681. The van der Waals surface area contributed by atoms with Crippen LogP contribution in [-0.2, 0) is 22.6 Å². The van der Waals surface area contributed by atoms with E-state index >= 15 is 0 Å². The van der Waals surface area contributed by atoms with Gasteiger partial charge in [-0.25, -0.2) is 0 Å². The lowest BCUT2D eigenvalue weighted by Crippen LogP contribution is -2.49. The summed E-state index contributed by atoms with van der Waals surface area (Å²) in [6.07, 6.45) is 1.75. The third-order valence-electron chi connectivity index (χ3n) is 5.34. The number of benzene rings is 2. The molecule has 0 aliphatic carbocycles. The Hall–Kier alpha value is -2.62. The lowest BCUT2D eigenvalue weighted by molar-refractivity contribution is -0.140. The van der Waals surface area contributed by atoms with Crippen molar-refractivity contribution in [1.29, 1.82) is 0 Å². The number of rotatable bonds is 9. The van der Waals surface area contributed by atoms with Crippen LogP contribution in [0.3, 0.4) is 0 Å². The third kappa shape index (κ3) is 6.45. The summed E-state index contributed by atoms with van der Waals surface area (Å²) in [6.45, 7) is 11.2. The normalized spacial score (nSPS) is 11.8. The minimum absolute atomic E-state index is 0.0210. The summed E-state index contributed by atoms with van der Waals surface area (Å²) in [5.74, 6) is -0.0952. The van der Waals surface area contributed by atoms with E-state index in [9.17, 15) is 9.59 Å². The van der Waals surface area contributed by atoms with Crippen LogP contribution in [0.25, 0.3) is 0 Å². The highest BCUT2D eigenvalue weighted by Gasteiger charge is 2.28. The first-order valence-electron chi connectivity index (χ1n) is 10.5. The summed E-state index contributed by atoms with van der Waals surface area (Å²) in [5.41, 5.74) is 5.58. The summed E-state index contributed by atoms with van der Waals surface area (Å²) < 4.78 is 0. The first-order valence-corrected chi connectivity index (χ1v) is 10.5. The van der Waals surface area contributed by atoms with Crippen molar-refractivity contribution >= 4 is 11.8 Å². The van der Waals surface area contributed by atoms with Gasteiger partial charge in [-0.1, -0.05) is 61.9 Å². The molecule has 0 bridgehead atoms. The number of nitrogens with one attached hydrogen (secondary N) is 1. The van der Waals surface area contributed by atoms with Crippen molar-refractivity contribution in [3.8, 4) is 0 Å². The molecule has 0 spiro atoms. The fourth-order valence-electron chi connectivity index (χ4n) is 3.37. The van der Waals surface area contributed by atoms with E-state index in [4.69, 9.17) is 0 Å². The van der Waals surface area contributed by atoms with Gasteiger partial charge in [0.2, 0.25) is 11.8 Å². The summed E-state index contributed by atoms with van der Waals surface area (Å²) in [7, 11) is 0. The van der Waals surface area contributed by atoms with Crippen molar-refractivity contribution < 1.29 is 9.59 Å². The van der Waals surface area contributed by atoms with Crippen LogP contribution in [0.5, 0.6) is 0 Å². The first-order chi connectivity index (χ1) is 13.8. The molecule has 0 radical (unpaired) electrons. The maximum Gasteiger partial charge on any atom is 0.242 e. The molecule has 2 rings (SSSR count). The van der Waals surface area contributed by atoms with Gasteiger partial charge in [0.15, 0.2) is 0 Å². The van der Waals surface area contributed by atoms with E-state index in [0.29, 0.717) is 25.9 Å². The number of nitrogens with zero attached hydrogens (tertiary/aromatic N) is 1. The number of hydrogen-bond donors (Lipinski definition) is 1. The van der Waals surface area contributed by atoms with Crippen LogP contribution in [0.1, 0.15) is 54.5 Å². The smallest absolute Gasteiger partial charge is 0.242 e. The van der Waals surface area contributed by atoms with Gasteiger partial charge in [-0.2, -0.15) is 0 Å². The third-order valence-corrected chi connectivity index (χ3v) is 5.34. The SMILES string of the molecule is CCCNC(=O)[C@H](CC)N(Cc1ccc(C)cc1)C(=O)Cc1ccc(C)c(C)c1. The molecule has 1 N–H and O–H groups in total. The van der Waals surface area contributed by atoms with Gasteiger partial charge >= 0.3 is 0 Å². The van der Waals surface area contributed by atoms with E-state index in [0.717, 1.165) is 17.5 Å². The predicted molar refractivity (Wildman–Crippen MR) is 119 cm³/mol. The van der Waals surface area contributed by atoms with Gasteiger partial charge in [0, 0.05) is 13.1 Å². The first kappa shape index (κ1) is 22.7. The van der Waals surface area contributed by atoms with Gasteiger partial charge in [-0.15, -0.1) is 0 Å². The topological polar surface area (TPSA) is 49.4 Å². The average Bonchev–Trinajstić information content (AvgIpc) is 2.70. The van der Waals surface area contributed by atoms with Crippen LogP contribution >= 0.6 is 0 Å². The highest BCUT2D eigenvalue weighted by molar-refractivity contribution is 5.88. The van der Waals surface area contributed by atoms with Gasteiger partial charge < -0.3 is 10.2 Å². The zero-order valence-electron chi connectivity index (χ0n) is 18.4. The molecular weight excluding hydrogens is 360 g/mol. The molecule has 0 saturated heterocycles. The zero-order chi connectivity index (χ0) is 21.4. The maximum absolute atomic E-state index is 13.3. The Morgan fingerprint density at radius 3 is 2.17 bits per heavy atom. The van der Waals surface area contributed by atoms with Crippen LogP contribution < -0.4 is 5.32 Å². The van der Waals surface area contributed by atoms with Crippen molar-refractivity contribution in [3.05, 3.63) is 70.3 Å². The van der Waals surface area contributed by atoms with Gasteiger partial charge in [0.05, 0.1) is 6.42 Å². The number of amides is 2. The van der Waals surface area contributed by atoms with E-state index in [2.05, 4.69) is 25.2 Å². The summed E-state index contributed by atoms with van der Waals surface area (Å²) in [5, 5.41) is 2.96. The number of aryl methyl sites for hydroxylation is 3. The molecule has 4 nitrogen and oxygen atoms in total. The molecule has 156 valence electrons. The summed E-state index contributed by atoms with van der Waals surface area (Å²) in [4.78, 5) is 27.8. The Morgan fingerprint density at radius 2 is 1.59 bits per heavy atom. The molecule has 29 heavy (non-hydrogen) atoms. The van der Waals surface area contributed by atoms with E-state index in [-0.39, 0.29) is 11.8 Å². The van der Waals surface area contributed by atoms with Crippen molar-refractivity contribution in [1.82, 2.24) is 10.2 Å². The monoisotopic (exact) mass is 394 g/mol. The van der Waals surface area contributed by atoms with Crippen LogP contribution in [0.15, 0.2) is 42.5 Å². The minimum Gasteiger partial charge on any atom is -0.354 e. The molecule has 0 aliphatic heterocycles. The minimum atomic E-state index is -0.470. The molecule has 0 heterocycles. The zero-order valence-corrected chi connectivity index (χ0v) is 18.4. The molecule has 0 saturated carbocycles. The summed E-state index contributed by atoms with van der Waals surface area (Å²) >= 11 is 0. The molecule has 2 aromatic rings. The second-order valence-corrected chi connectivity index (χ2v) is 7.82. The molecule has 0 unspecified atom stereocenters. The van der Waals surface area contributed by atoms with Crippen molar-refractivity contribution in [3.63, 3.8) is 0 Å². The lowest BCUT2D eigenvalue weighted by atomic mass is 10.0. The fraction of sp³-hybridized carbons (Fsp3) is 0.440. The molecule has 4 heteroatoms. The van der Waals surface area contributed by atoms with E-state index < -0.39 is 6.04 Å². The van der Waals surface area contributed by atoms with Crippen molar-refractivity contribution in [2.24, 2.45) is 0 Å². The van der Waals surface area contributed by atoms with Crippen LogP contribution in [0, 0.1) is 20.8 Å². The lowest BCUT2D eigenvalue weighted by Gasteiger charge is -2.31. The molecule has 2 amide bonds. The number of carbonyl (C=O) groups is 2. The number of hydrogen-bond acceptors (Lipinski definition) is 2.